The van der Waals surface area contributed by atoms with Crippen molar-refractivity contribution in [3.05, 3.63) is 18.5 Å². The van der Waals surface area contributed by atoms with Crippen LogP contribution in [0.2, 0.25) is 0 Å². The SMILES string of the molecule is CCCCCCC(C)Nc1cnc2c(cnn2C(C)C)c1. The Bertz CT molecular complexity index is 559. The molecule has 0 bridgehead atoms. The molecule has 2 aromatic rings. The van der Waals surface area contributed by atoms with Crippen LogP contribution in [0.25, 0.3) is 11.0 Å². The van der Waals surface area contributed by atoms with Gasteiger partial charge in [0, 0.05) is 17.5 Å². The molecule has 1 unspecified atom stereocenters. The van der Waals surface area contributed by atoms with Crippen LogP contribution in [0, 0.1) is 0 Å². The minimum Gasteiger partial charge on any atom is -0.381 e. The summed E-state index contributed by atoms with van der Waals surface area (Å²) in [6, 6.07) is 2.98. The monoisotopic (exact) mass is 288 g/mol. The lowest BCUT2D eigenvalue weighted by atomic mass is 10.1. The first-order valence-corrected chi connectivity index (χ1v) is 8.21. The van der Waals surface area contributed by atoms with Crippen LogP contribution in [0.5, 0.6) is 0 Å². The van der Waals surface area contributed by atoms with Gasteiger partial charge in [0.1, 0.15) is 0 Å². The van der Waals surface area contributed by atoms with Gasteiger partial charge in [-0.3, -0.25) is 0 Å². The zero-order chi connectivity index (χ0) is 15.2. The van der Waals surface area contributed by atoms with Crippen molar-refractivity contribution in [3.8, 4) is 0 Å². The zero-order valence-electron chi connectivity index (χ0n) is 13.8. The Labute approximate surface area is 128 Å². The van der Waals surface area contributed by atoms with Crippen molar-refractivity contribution >= 4 is 16.7 Å². The minimum atomic E-state index is 0.339. The van der Waals surface area contributed by atoms with E-state index in [1.54, 1.807) is 0 Å². The summed E-state index contributed by atoms with van der Waals surface area (Å²) >= 11 is 0. The van der Waals surface area contributed by atoms with E-state index in [-0.39, 0.29) is 0 Å². The van der Waals surface area contributed by atoms with Gasteiger partial charge in [0.05, 0.1) is 18.1 Å². The largest absolute Gasteiger partial charge is 0.381 e. The maximum absolute atomic E-state index is 4.56. The highest BCUT2D eigenvalue weighted by atomic mass is 15.3. The second-order valence-corrected chi connectivity index (χ2v) is 6.21. The molecule has 2 heterocycles. The van der Waals surface area contributed by atoms with E-state index in [4.69, 9.17) is 0 Å². The van der Waals surface area contributed by atoms with E-state index < -0.39 is 0 Å². The van der Waals surface area contributed by atoms with E-state index in [9.17, 15) is 0 Å². The number of nitrogens with zero attached hydrogens (tertiary/aromatic N) is 3. The highest BCUT2D eigenvalue weighted by Gasteiger charge is 2.09. The second kappa shape index (κ2) is 7.43. The number of unbranched alkanes of at least 4 members (excludes halogenated alkanes) is 3. The van der Waals surface area contributed by atoms with Crippen molar-refractivity contribution in [2.24, 2.45) is 0 Å². The third-order valence-corrected chi connectivity index (χ3v) is 3.83. The molecule has 0 aliphatic rings. The summed E-state index contributed by atoms with van der Waals surface area (Å²) in [5, 5.41) is 9.07. The van der Waals surface area contributed by atoms with Crippen molar-refractivity contribution in [3.63, 3.8) is 0 Å². The zero-order valence-corrected chi connectivity index (χ0v) is 13.8. The predicted octanol–water partition coefficient (Wildman–Crippen LogP) is 4.78. The maximum atomic E-state index is 4.56. The summed E-state index contributed by atoms with van der Waals surface area (Å²) in [6.45, 7) is 8.74. The summed E-state index contributed by atoms with van der Waals surface area (Å²) in [6.07, 6.45) is 10.3. The van der Waals surface area contributed by atoms with Gasteiger partial charge in [-0.2, -0.15) is 5.10 Å². The van der Waals surface area contributed by atoms with Gasteiger partial charge < -0.3 is 5.32 Å². The summed E-state index contributed by atoms with van der Waals surface area (Å²) in [7, 11) is 0. The van der Waals surface area contributed by atoms with Gasteiger partial charge in [0.2, 0.25) is 0 Å². The lowest BCUT2D eigenvalue weighted by molar-refractivity contribution is 0.546. The number of hydrogen-bond acceptors (Lipinski definition) is 3. The fourth-order valence-corrected chi connectivity index (χ4v) is 2.63. The van der Waals surface area contributed by atoms with Crippen LogP contribution in [0.3, 0.4) is 0 Å². The second-order valence-electron chi connectivity index (χ2n) is 6.21. The van der Waals surface area contributed by atoms with Crippen molar-refractivity contribution in [2.75, 3.05) is 5.32 Å². The van der Waals surface area contributed by atoms with Crippen molar-refractivity contribution in [1.82, 2.24) is 14.8 Å². The number of aromatic nitrogens is 3. The van der Waals surface area contributed by atoms with E-state index in [0.29, 0.717) is 12.1 Å². The van der Waals surface area contributed by atoms with Gasteiger partial charge in [0.15, 0.2) is 5.65 Å². The van der Waals surface area contributed by atoms with Crippen LogP contribution in [0.1, 0.15) is 65.8 Å². The molecule has 0 radical (unpaired) electrons. The summed E-state index contributed by atoms with van der Waals surface area (Å²) in [5.74, 6) is 0. The molecule has 21 heavy (non-hydrogen) atoms. The minimum absolute atomic E-state index is 0.339. The number of hydrogen-bond donors (Lipinski definition) is 1. The Morgan fingerprint density at radius 2 is 1.95 bits per heavy atom. The topological polar surface area (TPSA) is 42.7 Å². The third kappa shape index (κ3) is 4.19. The Morgan fingerprint density at radius 1 is 1.14 bits per heavy atom. The van der Waals surface area contributed by atoms with E-state index in [1.807, 2.05) is 17.1 Å². The van der Waals surface area contributed by atoms with Gasteiger partial charge in [0.25, 0.3) is 0 Å². The molecule has 2 aromatic heterocycles. The lowest BCUT2D eigenvalue weighted by Crippen LogP contribution is -2.15. The van der Waals surface area contributed by atoms with Crippen LogP contribution in [-0.2, 0) is 0 Å². The maximum Gasteiger partial charge on any atom is 0.158 e. The number of fused-ring (bicyclic) bond motifs is 1. The summed E-state index contributed by atoms with van der Waals surface area (Å²) < 4.78 is 1.97. The molecule has 116 valence electrons. The summed E-state index contributed by atoms with van der Waals surface area (Å²) in [5.41, 5.74) is 2.06. The van der Waals surface area contributed by atoms with Gasteiger partial charge in [-0.15, -0.1) is 0 Å². The van der Waals surface area contributed by atoms with Crippen LogP contribution in [0.4, 0.5) is 5.69 Å². The molecule has 0 spiro atoms. The van der Waals surface area contributed by atoms with Crippen LogP contribution in [0.15, 0.2) is 18.5 Å². The first-order valence-electron chi connectivity index (χ1n) is 8.21. The number of rotatable bonds is 8. The Balaban J connectivity index is 1.96. The normalized spacial score (nSPS) is 13.0. The Hall–Kier alpha value is -1.58. The molecule has 0 amide bonds. The molecule has 0 aromatic carbocycles. The van der Waals surface area contributed by atoms with Crippen molar-refractivity contribution in [2.45, 2.75) is 71.9 Å². The highest BCUT2D eigenvalue weighted by Crippen LogP contribution is 2.20. The number of anilines is 1. The molecule has 0 aliphatic heterocycles. The molecule has 2 rings (SSSR count). The smallest absolute Gasteiger partial charge is 0.158 e. The van der Waals surface area contributed by atoms with E-state index in [2.05, 4.69) is 49.2 Å². The average Bonchev–Trinajstić information content (AvgIpc) is 2.87. The molecule has 0 fully saturated rings. The fraction of sp³-hybridized carbons (Fsp3) is 0.647. The molecular weight excluding hydrogens is 260 g/mol. The first kappa shape index (κ1) is 15.8. The van der Waals surface area contributed by atoms with Crippen LogP contribution in [-0.4, -0.2) is 20.8 Å². The van der Waals surface area contributed by atoms with Crippen molar-refractivity contribution in [1.29, 1.82) is 0 Å². The van der Waals surface area contributed by atoms with Crippen LogP contribution < -0.4 is 5.32 Å². The molecular formula is C17H28N4. The molecule has 4 nitrogen and oxygen atoms in total. The lowest BCUT2D eigenvalue weighted by Gasteiger charge is -2.15. The number of pyridine rings is 1. The van der Waals surface area contributed by atoms with E-state index >= 15 is 0 Å². The average molecular weight is 288 g/mol. The standard InChI is InChI=1S/C17H28N4/c1-5-6-7-8-9-14(4)20-16-10-15-11-19-21(13(2)3)17(15)18-12-16/h10-14,20H,5-9H2,1-4H3. The third-order valence-electron chi connectivity index (χ3n) is 3.83. The molecule has 0 aliphatic carbocycles. The number of nitrogens with one attached hydrogen (secondary N) is 1. The first-order chi connectivity index (χ1) is 10.1. The van der Waals surface area contributed by atoms with Gasteiger partial charge in [-0.25, -0.2) is 9.67 Å². The van der Waals surface area contributed by atoms with Gasteiger partial charge >= 0.3 is 0 Å². The highest BCUT2D eigenvalue weighted by molar-refractivity contribution is 5.78. The van der Waals surface area contributed by atoms with Gasteiger partial charge in [-0.1, -0.05) is 32.6 Å². The van der Waals surface area contributed by atoms with Crippen LogP contribution >= 0.6 is 0 Å². The molecule has 0 saturated carbocycles. The molecule has 4 heteroatoms. The molecule has 1 atom stereocenters. The molecule has 0 saturated heterocycles. The predicted molar refractivity (Wildman–Crippen MR) is 89.8 cm³/mol. The van der Waals surface area contributed by atoms with E-state index in [1.165, 1.54) is 32.1 Å². The Kier molecular flexibility index (Phi) is 5.59. The van der Waals surface area contributed by atoms with E-state index in [0.717, 1.165) is 16.7 Å². The fourth-order valence-electron chi connectivity index (χ4n) is 2.63. The summed E-state index contributed by atoms with van der Waals surface area (Å²) in [4.78, 5) is 4.56. The van der Waals surface area contributed by atoms with Gasteiger partial charge in [-0.05, 0) is 33.3 Å². The molecule has 1 N–H and O–H groups in total. The quantitative estimate of drug-likeness (QED) is 0.711. The van der Waals surface area contributed by atoms with Crippen molar-refractivity contribution < 1.29 is 0 Å². The Morgan fingerprint density at radius 3 is 2.67 bits per heavy atom.